The number of carboxylic acid groups (broad SMARTS) is 1. The normalized spacial score (nSPS) is 26.1. The molecule has 2 unspecified atom stereocenters. The smallest absolute Gasteiger partial charge is 0.312 e. The van der Waals surface area contributed by atoms with Crippen molar-refractivity contribution in [3.8, 4) is 0 Å². The minimum absolute atomic E-state index is 0.00743. The van der Waals surface area contributed by atoms with Crippen molar-refractivity contribution in [2.24, 2.45) is 11.8 Å². The van der Waals surface area contributed by atoms with Gasteiger partial charge in [-0.2, -0.15) is 0 Å². The van der Waals surface area contributed by atoms with Crippen molar-refractivity contribution < 1.29 is 23.9 Å². The fourth-order valence-corrected chi connectivity index (χ4v) is 4.20. The Labute approximate surface area is 164 Å². The molecule has 1 aliphatic carbocycles. The maximum atomic E-state index is 13.1. The number of nitrogens with one attached hydrogen (secondary N) is 1. The van der Waals surface area contributed by atoms with Crippen LogP contribution in [0.3, 0.4) is 0 Å². The molecule has 2 N–H and O–H groups in total. The standard InChI is InChI=1S/C21H27FN2O4/c1-13-2-8-17(9-3-13)24-12-15(10-19(24)25)20(26)23-11-18(21(27)28)14-4-6-16(22)7-5-14/h4-7,13,15,17-18H,2-3,8-12H2,1H3,(H,23,26)(H,27,28). The second kappa shape index (κ2) is 8.71. The summed E-state index contributed by atoms with van der Waals surface area (Å²) in [7, 11) is 0. The first-order valence-corrected chi connectivity index (χ1v) is 9.90. The van der Waals surface area contributed by atoms with E-state index < -0.39 is 23.6 Å². The molecule has 1 aromatic carbocycles. The molecule has 1 saturated carbocycles. The molecule has 2 amide bonds. The van der Waals surface area contributed by atoms with Crippen LogP contribution in [0.15, 0.2) is 24.3 Å². The molecule has 28 heavy (non-hydrogen) atoms. The van der Waals surface area contributed by atoms with Crippen molar-refractivity contribution >= 4 is 17.8 Å². The maximum absolute atomic E-state index is 13.1. The van der Waals surface area contributed by atoms with Crippen LogP contribution in [-0.2, 0) is 14.4 Å². The lowest BCUT2D eigenvalue weighted by atomic mass is 9.87. The van der Waals surface area contributed by atoms with Gasteiger partial charge in [-0.3, -0.25) is 14.4 Å². The summed E-state index contributed by atoms with van der Waals surface area (Å²) in [6.45, 7) is 2.53. The van der Waals surface area contributed by atoms with E-state index in [2.05, 4.69) is 12.2 Å². The molecular formula is C21H27FN2O4. The lowest BCUT2D eigenvalue weighted by molar-refractivity contribution is -0.139. The molecule has 7 heteroatoms. The first kappa shape index (κ1) is 20.3. The molecule has 3 rings (SSSR count). The maximum Gasteiger partial charge on any atom is 0.312 e. The van der Waals surface area contributed by atoms with Gasteiger partial charge < -0.3 is 15.3 Å². The Morgan fingerprint density at radius 1 is 1.21 bits per heavy atom. The second-order valence-corrected chi connectivity index (χ2v) is 8.05. The first-order chi connectivity index (χ1) is 13.3. The molecule has 1 heterocycles. The summed E-state index contributed by atoms with van der Waals surface area (Å²) in [4.78, 5) is 38.3. The van der Waals surface area contributed by atoms with Crippen LogP contribution in [0.1, 0.15) is 50.5 Å². The predicted octanol–water partition coefficient (Wildman–Crippen LogP) is 2.54. The number of aliphatic carboxylic acids is 1. The minimum Gasteiger partial charge on any atom is -0.481 e. The highest BCUT2D eigenvalue weighted by Crippen LogP contribution is 2.31. The number of carbonyl (C=O) groups excluding carboxylic acids is 2. The van der Waals surface area contributed by atoms with E-state index in [-0.39, 0.29) is 30.8 Å². The highest BCUT2D eigenvalue weighted by atomic mass is 19.1. The van der Waals surface area contributed by atoms with Crippen LogP contribution in [0.5, 0.6) is 0 Å². The highest BCUT2D eigenvalue weighted by Gasteiger charge is 2.39. The van der Waals surface area contributed by atoms with Gasteiger partial charge in [0.05, 0.1) is 11.8 Å². The van der Waals surface area contributed by atoms with Crippen LogP contribution >= 0.6 is 0 Å². The van der Waals surface area contributed by atoms with Crippen molar-refractivity contribution in [2.75, 3.05) is 13.1 Å². The largest absolute Gasteiger partial charge is 0.481 e. The van der Waals surface area contributed by atoms with Crippen LogP contribution in [0.2, 0.25) is 0 Å². The van der Waals surface area contributed by atoms with Gasteiger partial charge in [-0.05, 0) is 49.3 Å². The molecule has 6 nitrogen and oxygen atoms in total. The van der Waals surface area contributed by atoms with Crippen LogP contribution in [-0.4, -0.2) is 46.9 Å². The van der Waals surface area contributed by atoms with E-state index in [1.54, 1.807) is 0 Å². The van der Waals surface area contributed by atoms with Gasteiger partial charge in [0.15, 0.2) is 0 Å². The van der Waals surface area contributed by atoms with Crippen LogP contribution in [0.4, 0.5) is 4.39 Å². The van der Waals surface area contributed by atoms with Gasteiger partial charge in [-0.25, -0.2) is 4.39 Å². The number of carbonyl (C=O) groups is 3. The number of nitrogens with zero attached hydrogens (tertiary/aromatic N) is 1. The molecule has 0 bridgehead atoms. The molecule has 1 aliphatic heterocycles. The number of rotatable bonds is 6. The van der Waals surface area contributed by atoms with Gasteiger partial charge in [0, 0.05) is 25.6 Å². The second-order valence-electron chi connectivity index (χ2n) is 8.05. The zero-order chi connectivity index (χ0) is 20.3. The van der Waals surface area contributed by atoms with E-state index in [1.165, 1.54) is 24.3 Å². The zero-order valence-electron chi connectivity index (χ0n) is 16.1. The van der Waals surface area contributed by atoms with Gasteiger partial charge in [0.1, 0.15) is 5.82 Å². The van der Waals surface area contributed by atoms with Gasteiger partial charge in [0.2, 0.25) is 11.8 Å². The Hall–Kier alpha value is -2.44. The molecular weight excluding hydrogens is 363 g/mol. The third-order valence-electron chi connectivity index (χ3n) is 6.01. The molecule has 1 saturated heterocycles. The third-order valence-corrected chi connectivity index (χ3v) is 6.01. The van der Waals surface area contributed by atoms with Gasteiger partial charge in [-0.15, -0.1) is 0 Å². The quantitative estimate of drug-likeness (QED) is 0.782. The number of hydrogen-bond donors (Lipinski definition) is 2. The Morgan fingerprint density at radius 2 is 1.86 bits per heavy atom. The van der Waals surface area contributed by atoms with Crippen molar-refractivity contribution in [3.05, 3.63) is 35.6 Å². The first-order valence-electron chi connectivity index (χ1n) is 9.90. The molecule has 0 aromatic heterocycles. The van der Waals surface area contributed by atoms with E-state index in [9.17, 15) is 23.9 Å². The SMILES string of the molecule is CC1CCC(N2CC(C(=O)NCC(C(=O)O)c3ccc(F)cc3)CC2=O)CC1. The topological polar surface area (TPSA) is 86.7 Å². The number of amides is 2. The summed E-state index contributed by atoms with van der Waals surface area (Å²) in [5.74, 6) is -2.55. The number of halogens is 1. The van der Waals surface area contributed by atoms with Crippen molar-refractivity contribution in [2.45, 2.75) is 51.0 Å². The van der Waals surface area contributed by atoms with Gasteiger partial charge >= 0.3 is 5.97 Å². The summed E-state index contributed by atoms with van der Waals surface area (Å²) in [5.41, 5.74) is 0.426. The summed E-state index contributed by atoms with van der Waals surface area (Å²) >= 11 is 0. The Bertz CT molecular complexity index is 728. The van der Waals surface area contributed by atoms with Gasteiger partial charge in [0.25, 0.3) is 0 Å². The predicted molar refractivity (Wildman–Crippen MR) is 101 cm³/mol. The molecule has 2 aliphatic rings. The molecule has 152 valence electrons. The van der Waals surface area contributed by atoms with E-state index in [4.69, 9.17) is 0 Å². The van der Waals surface area contributed by atoms with E-state index in [0.717, 1.165) is 25.7 Å². The number of carboxylic acids is 1. The summed E-state index contributed by atoms with van der Waals surface area (Å²) in [6, 6.07) is 5.43. The van der Waals surface area contributed by atoms with Crippen LogP contribution < -0.4 is 5.32 Å². The van der Waals surface area contributed by atoms with Crippen molar-refractivity contribution in [3.63, 3.8) is 0 Å². The summed E-state index contributed by atoms with van der Waals surface area (Å²) in [5, 5.41) is 12.1. The summed E-state index contributed by atoms with van der Waals surface area (Å²) in [6.07, 6.45) is 4.33. The van der Waals surface area contributed by atoms with E-state index in [1.807, 2.05) is 4.90 Å². The molecule has 2 fully saturated rings. The van der Waals surface area contributed by atoms with E-state index >= 15 is 0 Å². The average Bonchev–Trinajstić information content (AvgIpc) is 3.05. The molecule has 1 aromatic rings. The molecule has 0 spiro atoms. The number of benzene rings is 1. The zero-order valence-corrected chi connectivity index (χ0v) is 16.1. The number of hydrogen-bond acceptors (Lipinski definition) is 3. The lowest BCUT2D eigenvalue weighted by Gasteiger charge is -2.33. The Balaban J connectivity index is 1.56. The fraction of sp³-hybridized carbons (Fsp3) is 0.571. The average molecular weight is 390 g/mol. The van der Waals surface area contributed by atoms with Crippen molar-refractivity contribution in [1.82, 2.24) is 10.2 Å². The van der Waals surface area contributed by atoms with E-state index in [0.29, 0.717) is 18.0 Å². The van der Waals surface area contributed by atoms with Crippen LogP contribution in [0.25, 0.3) is 0 Å². The van der Waals surface area contributed by atoms with Crippen molar-refractivity contribution in [1.29, 1.82) is 0 Å². The Kier molecular flexibility index (Phi) is 6.31. The monoisotopic (exact) mass is 390 g/mol. The number of likely N-dealkylation sites (tertiary alicyclic amines) is 1. The van der Waals surface area contributed by atoms with Crippen LogP contribution in [0, 0.1) is 17.7 Å². The third kappa shape index (κ3) is 4.69. The molecule has 2 atom stereocenters. The lowest BCUT2D eigenvalue weighted by Crippen LogP contribution is -2.41. The fourth-order valence-electron chi connectivity index (χ4n) is 4.20. The minimum atomic E-state index is -1.09. The molecule has 0 radical (unpaired) electrons. The highest BCUT2D eigenvalue weighted by molar-refractivity contribution is 5.89. The summed E-state index contributed by atoms with van der Waals surface area (Å²) < 4.78 is 13.1. The Morgan fingerprint density at radius 3 is 2.46 bits per heavy atom. The van der Waals surface area contributed by atoms with Gasteiger partial charge in [-0.1, -0.05) is 19.1 Å².